The number of rotatable bonds is 42. The van der Waals surface area contributed by atoms with Crippen molar-refractivity contribution in [2.75, 3.05) is 78.5 Å². The first-order valence-electron chi connectivity index (χ1n) is 40.9. The maximum Gasteiger partial charge on any atom is 0.605 e. The van der Waals surface area contributed by atoms with E-state index in [0.717, 1.165) is 4.90 Å². The Labute approximate surface area is 767 Å². The summed E-state index contributed by atoms with van der Waals surface area (Å²) in [5.74, 6) is -14.2. The molecule has 126 heavy (non-hydrogen) atoms. The molecule has 6 saturated heterocycles. The molecule has 34 nitrogen and oxygen atoms in total. The van der Waals surface area contributed by atoms with Crippen LogP contribution in [-0.2, 0) is 85.5 Å². The number of carbonyl (C=O) groups excluding carboxylic acids is 14. The van der Waals surface area contributed by atoms with Gasteiger partial charge in [0, 0.05) is 100 Å². The van der Waals surface area contributed by atoms with Crippen molar-refractivity contribution in [3.05, 3.63) is 135 Å². The fourth-order valence-electron chi connectivity index (χ4n) is 17.3. The van der Waals surface area contributed by atoms with Crippen LogP contribution in [0.4, 0.5) is 0 Å². The monoisotopic (exact) mass is 1910 g/mol. The van der Waals surface area contributed by atoms with Gasteiger partial charge in [0.1, 0.15) is 39.3 Å². The molecule has 0 aromatic heterocycles. The van der Waals surface area contributed by atoms with Gasteiger partial charge in [0.05, 0.1) is 76.6 Å². The molecule has 4 atom stereocenters. The first-order valence-corrected chi connectivity index (χ1v) is 44.0. The highest BCUT2D eigenvalue weighted by Gasteiger charge is 2.75. The summed E-state index contributed by atoms with van der Waals surface area (Å²) in [6, 6.07) is 17.8. The standard InChI is InChI=1S/C40H48B2Cl4N4O12.C25H32BCl2N3O10.C15H20BCl2NO4/c1-23(2)15-33(47-35(53)11-9-31(51)27-17-25(43)5-7-29(27)45)41-49(19-37(55)59-41,20-38(56)60-41)13-14-50-21-39(57)61-42(50,62-40(58)22-50)34(16-24(3)4)48-36(54)12-10-32(52)28-18-26(44)6-8-30(28)46;1-15(2)9-20(29-21(33)6-5-19(32)17-10-16(27)3-4-18(17)28)26-31(13-24(38)40-26,14-25(39)41-26)8-7-30(11-22(34)35)12-23(36)37;1-9(2)7-14(16(22)23)19-15(21)6-5-13(20)11-8-10(17)3-4-12(11)18/h5-8,17-18,23-24,33-34H,9-16,19-22H2,1-4H3,(H,47,53)(H,48,54);3-4,10,15,20H,5-9,11-14H2,1-2H3,(H,29,33)(H,34,35)(H,36,37);3-4,8-9,14,22-23H,5-7H2,1-2H3,(H,19,21)/t33-,34-,41?,42?,49?,50?;20-,26?,31?;14-/m000/s1. The summed E-state index contributed by atoms with van der Waals surface area (Å²) in [6.07, 6.45) is -0.484. The molecule has 6 aliphatic rings. The molecule has 8 N–H and O–H groups in total. The quantitative estimate of drug-likeness (QED) is 0.0152. The third-order valence-corrected chi connectivity index (χ3v) is 25.0. The Kier molecular flexibility index (Phi) is 36.1. The van der Waals surface area contributed by atoms with Crippen molar-refractivity contribution in [2.24, 2.45) is 23.7 Å². The zero-order chi connectivity index (χ0) is 93.5. The number of hydrogen-bond donors (Lipinski definition) is 8. The summed E-state index contributed by atoms with van der Waals surface area (Å²) in [5.41, 5.74) is 0.753. The predicted octanol–water partition coefficient (Wildman–Crippen LogP) is 8.67. The first-order chi connectivity index (χ1) is 59.0. The SMILES string of the molecule is CC(C)C[C@H](NC(=O)CCC(=O)c1cc(Cl)ccc1Cl)B(O)O.CC(C)C[C@H](NC(=O)CCC(=O)c1cc(Cl)ccc1Cl)[B-]12OC(=O)C[N+]1(CCN(CC(=O)O)CC(=O)O)CC(=O)O2.CC(C)C[C@H](NC(=O)CCC(=O)c1cc(Cl)ccc1Cl)[B-]12OC(=O)C[N+]1(CC[N+]13CC(=O)O[B-]1([C@H](CC(C)C)NC(=O)CCC(=O)c1cc(Cl)ccc1Cl)OC(=O)C3)CC(=O)O2. The van der Waals surface area contributed by atoms with Gasteiger partial charge in [-0.3, -0.25) is 81.6 Å². The van der Waals surface area contributed by atoms with E-state index in [0.29, 0.717) is 26.5 Å². The van der Waals surface area contributed by atoms with Gasteiger partial charge in [-0.05, 0) is 122 Å². The summed E-state index contributed by atoms with van der Waals surface area (Å²) in [4.78, 5) is 206. The number of halogens is 8. The van der Waals surface area contributed by atoms with E-state index in [2.05, 4.69) is 21.3 Å². The summed E-state index contributed by atoms with van der Waals surface area (Å²) < 4.78 is 34.3. The topological polar surface area (TPSA) is 461 Å². The van der Waals surface area contributed by atoms with E-state index in [1.165, 1.54) is 66.7 Å². The second-order valence-electron chi connectivity index (χ2n) is 34.2. The van der Waals surface area contributed by atoms with Crippen LogP contribution >= 0.6 is 92.8 Å². The van der Waals surface area contributed by atoms with Crippen LogP contribution in [0.15, 0.2) is 72.8 Å². The van der Waals surface area contributed by atoms with Crippen molar-refractivity contribution < 1.29 is 138 Å². The average Bonchev–Trinajstić information content (AvgIpc) is 1.56. The van der Waals surface area contributed by atoms with E-state index in [4.69, 9.17) is 121 Å². The molecule has 4 aromatic rings. The highest BCUT2D eigenvalue weighted by atomic mass is 35.5. The molecule has 4 aromatic carbocycles. The number of ketones is 4. The van der Waals surface area contributed by atoms with Crippen LogP contribution in [0, 0.1) is 23.7 Å². The summed E-state index contributed by atoms with van der Waals surface area (Å²) in [6.45, 7) is 2.82. The fraction of sp³-hybridized carbons (Fsp3) is 0.500. The Hall–Kier alpha value is -8.46. The molecular weight excluding hydrogens is 1820 g/mol. The third kappa shape index (κ3) is 26.0. The lowest BCUT2D eigenvalue weighted by atomic mass is 9.56. The van der Waals surface area contributed by atoms with Crippen molar-refractivity contribution in [2.45, 2.75) is 156 Å². The van der Waals surface area contributed by atoms with Gasteiger partial charge < -0.3 is 82.6 Å². The number of Topliss-reactive ketones (excluding diaryl/α,β-unsaturated/α-hetero) is 4. The molecule has 0 aliphatic carbocycles. The normalized spacial score (nSPS) is 22.3. The Balaban J connectivity index is 0.000000262. The average molecular weight is 1920 g/mol. The molecule has 46 heteroatoms. The van der Waals surface area contributed by atoms with Gasteiger partial charge in [0.2, 0.25) is 23.6 Å². The molecule has 4 amide bonds. The molecule has 0 spiro atoms. The van der Waals surface area contributed by atoms with Gasteiger partial charge in [-0.25, -0.2) is 0 Å². The molecular formula is C80H100B4Cl8N8O26. The van der Waals surface area contributed by atoms with Crippen LogP contribution in [0.2, 0.25) is 40.2 Å². The largest absolute Gasteiger partial charge is 0.605 e. The van der Waals surface area contributed by atoms with E-state index in [1.54, 1.807) is 6.07 Å². The number of quaternary nitrogens is 3. The second kappa shape index (κ2) is 44.2. The lowest BCUT2D eigenvalue weighted by Crippen LogP contribution is -2.77. The molecule has 6 aliphatic heterocycles. The van der Waals surface area contributed by atoms with Gasteiger partial charge in [-0.2, -0.15) is 0 Å². The molecule has 6 heterocycles. The first kappa shape index (κ1) is 103. The van der Waals surface area contributed by atoms with Crippen molar-refractivity contribution >= 4 is 215 Å². The van der Waals surface area contributed by atoms with Crippen molar-refractivity contribution in [1.29, 1.82) is 0 Å². The van der Waals surface area contributed by atoms with Crippen LogP contribution in [-0.4, -0.2) is 262 Å². The minimum absolute atomic E-state index is 0.0399. The summed E-state index contributed by atoms with van der Waals surface area (Å²) >= 11 is 48.4. The maximum atomic E-state index is 13.6. The molecule has 6 fully saturated rings. The van der Waals surface area contributed by atoms with Crippen LogP contribution in [0.5, 0.6) is 0 Å². The number of fused-ring (bicyclic) bond motifs is 3. The van der Waals surface area contributed by atoms with Crippen molar-refractivity contribution in [3.8, 4) is 0 Å². The van der Waals surface area contributed by atoms with Crippen LogP contribution < -0.4 is 21.3 Å². The highest BCUT2D eigenvalue weighted by Crippen LogP contribution is 2.45. The Bertz CT molecular complexity index is 4650. The van der Waals surface area contributed by atoms with Gasteiger partial charge in [0.15, 0.2) is 23.1 Å². The Morgan fingerprint density at radius 1 is 0.365 bits per heavy atom. The number of aliphatic carboxylic acids is 2. The minimum Gasteiger partial charge on any atom is -0.599 e. The zero-order valence-corrected chi connectivity index (χ0v) is 76.5. The number of amides is 4. The molecule has 10 rings (SSSR count). The molecule has 0 unspecified atom stereocenters. The lowest BCUT2D eigenvalue weighted by Gasteiger charge is -2.52. The number of hydrogen-bond acceptors (Lipinski definition) is 25. The summed E-state index contributed by atoms with van der Waals surface area (Å²) in [5, 5.41) is 50.2. The molecule has 684 valence electrons. The maximum absolute atomic E-state index is 13.6. The lowest BCUT2D eigenvalue weighted by molar-refractivity contribution is -0.875. The van der Waals surface area contributed by atoms with Crippen LogP contribution in [0.25, 0.3) is 0 Å². The van der Waals surface area contributed by atoms with Gasteiger partial charge >= 0.3 is 74.9 Å². The van der Waals surface area contributed by atoms with E-state index in [9.17, 15) is 97.0 Å². The number of nitrogens with zero attached hydrogens (tertiary/aromatic N) is 4. The number of nitrogens with one attached hydrogen (secondary N) is 4. The predicted molar refractivity (Wildman–Crippen MR) is 466 cm³/mol. The smallest absolute Gasteiger partial charge is 0.599 e. The number of benzene rings is 4. The third-order valence-electron chi connectivity index (χ3n) is 22.7. The van der Waals surface area contributed by atoms with E-state index in [-0.39, 0.29) is 212 Å². The number of carboxylic acids is 2. The second-order valence-corrected chi connectivity index (χ2v) is 37.6. The van der Waals surface area contributed by atoms with Gasteiger partial charge in [0.25, 0.3) is 0 Å². The van der Waals surface area contributed by atoms with Crippen LogP contribution in [0.3, 0.4) is 0 Å². The van der Waals surface area contributed by atoms with Gasteiger partial charge in [-0.1, -0.05) is 148 Å². The number of carbonyl (C=O) groups is 16. The van der Waals surface area contributed by atoms with Crippen molar-refractivity contribution in [3.63, 3.8) is 0 Å². The van der Waals surface area contributed by atoms with Crippen LogP contribution in [0.1, 0.15) is 174 Å². The Morgan fingerprint density at radius 2 is 0.595 bits per heavy atom. The fourth-order valence-corrected chi connectivity index (χ4v) is 18.8. The molecule has 0 bridgehead atoms. The Morgan fingerprint density at radius 3 is 0.817 bits per heavy atom. The van der Waals surface area contributed by atoms with E-state index >= 15 is 0 Å². The highest BCUT2D eigenvalue weighted by molar-refractivity contribution is 6.69. The van der Waals surface area contributed by atoms with E-state index in [1.807, 2.05) is 55.4 Å². The van der Waals surface area contributed by atoms with Gasteiger partial charge in [-0.15, -0.1) is 0 Å². The molecule has 0 radical (unpaired) electrons. The number of carboxylic acid groups (broad SMARTS) is 2. The minimum atomic E-state index is -3.01. The van der Waals surface area contributed by atoms with E-state index < -0.39 is 162 Å². The van der Waals surface area contributed by atoms with Crippen molar-refractivity contribution in [1.82, 2.24) is 26.2 Å². The zero-order valence-electron chi connectivity index (χ0n) is 70.4. The summed E-state index contributed by atoms with van der Waals surface area (Å²) in [7, 11) is -1.64. The molecule has 0 saturated carbocycles.